The molecule has 4 aromatic rings. The fraction of sp³-hybridized carbons (Fsp3) is 0.265. The molecule has 5 rings (SSSR count). The zero-order valence-corrected chi connectivity index (χ0v) is 27.9. The Morgan fingerprint density at radius 2 is 1.74 bits per heavy atom. The number of thiocarbonyl (C=S) groups is 1. The first-order valence-electron chi connectivity index (χ1n) is 14.8. The van der Waals surface area contributed by atoms with Crippen LogP contribution >= 0.6 is 24.0 Å². The number of rotatable bonds is 10. The van der Waals surface area contributed by atoms with E-state index < -0.39 is 11.5 Å². The molecule has 1 N–H and O–H groups in total. The number of pyridine rings is 1. The Balaban J connectivity index is 1.61. The normalized spacial score (nSPS) is 13.8. The molecule has 0 saturated carbocycles. The van der Waals surface area contributed by atoms with E-state index in [0.717, 1.165) is 29.5 Å². The predicted molar refractivity (Wildman–Crippen MR) is 187 cm³/mol. The zero-order chi connectivity index (χ0) is 33.1. The summed E-state index contributed by atoms with van der Waals surface area (Å²) < 4.78 is 10.3. The van der Waals surface area contributed by atoms with Gasteiger partial charge in [-0.2, -0.15) is 5.26 Å². The van der Waals surface area contributed by atoms with Crippen molar-refractivity contribution < 1.29 is 9.53 Å². The minimum absolute atomic E-state index is 0.0116. The minimum Gasteiger partial charge on any atom is -0.497 e. The molecule has 12 heteroatoms. The van der Waals surface area contributed by atoms with Crippen molar-refractivity contribution in [3.63, 3.8) is 0 Å². The molecule has 0 bridgehead atoms. The Morgan fingerprint density at radius 3 is 2.37 bits per heavy atom. The molecular formula is C34H34N6O4S2. The van der Waals surface area contributed by atoms with Gasteiger partial charge in [0.2, 0.25) is 0 Å². The molecule has 1 fully saturated rings. The van der Waals surface area contributed by atoms with Gasteiger partial charge in [0.1, 0.15) is 28.9 Å². The van der Waals surface area contributed by atoms with E-state index in [-0.39, 0.29) is 26.0 Å². The second kappa shape index (κ2) is 13.6. The number of nitrogens with zero attached hydrogens (tertiary/aromatic N) is 5. The molecule has 0 atom stereocenters. The molecule has 1 amide bonds. The summed E-state index contributed by atoms with van der Waals surface area (Å²) in [6.07, 6.45) is 3.22. The van der Waals surface area contributed by atoms with Crippen molar-refractivity contribution in [1.82, 2.24) is 13.9 Å². The number of hydrogen-bond acceptors (Lipinski definition) is 8. The first-order valence-corrected chi connectivity index (χ1v) is 16.0. The van der Waals surface area contributed by atoms with Gasteiger partial charge >= 0.3 is 0 Å². The highest BCUT2D eigenvalue weighted by atomic mass is 32.2. The minimum atomic E-state index is -0.452. The van der Waals surface area contributed by atoms with Crippen molar-refractivity contribution in [3.05, 3.63) is 108 Å². The summed E-state index contributed by atoms with van der Waals surface area (Å²) in [5, 5.41) is 13.4. The quantitative estimate of drug-likeness (QED) is 0.172. The van der Waals surface area contributed by atoms with Crippen LogP contribution in [0.4, 0.5) is 11.5 Å². The molecule has 236 valence electrons. The first-order chi connectivity index (χ1) is 22.1. The Morgan fingerprint density at radius 1 is 1.04 bits per heavy atom. The van der Waals surface area contributed by atoms with E-state index in [2.05, 4.69) is 11.4 Å². The number of amides is 1. The lowest BCUT2D eigenvalue weighted by Crippen LogP contribution is -2.33. The van der Waals surface area contributed by atoms with E-state index in [1.54, 1.807) is 43.3 Å². The molecule has 2 aromatic carbocycles. The molecule has 1 aliphatic heterocycles. The lowest BCUT2D eigenvalue weighted by atomic mass is 10.0. The summed E-state index contributed by atoms with van der Waals surface area (Å²) in [4.78, 5) is 42.9. The smallest absolute Gasteiger partial charge is 0.296 e. The molecule has 1 aliphatic rings. The SMILES string of the molecule is CCCCn1c(NCc2ccc(OC)cc2)c(/C=C2/SC(=S)N(c3c(C)n(C)n(-c4ccccc4)c3=O)C2=O)c(C)c(C#N)c1=O. The van der Waals surface area contributed by atoms with Gasteiger partial charge in [-0.25, -0.2) is 4.68 Å². The maximum Gasteiger partial charge on any atom is 0.296 e. The van der Waals surface area contributed by atoms with Gasteiger partial charge in [0.05, 0.1) is 23.4 Å². The number of hydrogen-bond donors (Lipinski definition) is 1. The maximum atomic E-state index is 14.0. The molecular weight excluding hydrogens is 621 g/mol. The largest absolute Gasteiger partial charge is 0.497 e. The van der Waals surface area contributed by atoms with E-state index in [9.17, 15) is 19.6 Å². The van der Waals surface area contributed by atoms with E-state index in [0.29, 0.717) is 47.8 Å². The summed E-state index contributed by atoms with van der Waals surface area (Å²) in [6, 6.07) is 18.8. The summed E-state index contributed by atoms with van der Waals surface area (Å²) in [7, 11) is 3.36. The topological polar surface area (TPSA) is 114 Å². The fourth-order valence-corrected chi connectivity index (χ4v) is 6.67. The van der Waals surface area contributed by atoms with Gasteiger partial charge < -0.3 is 10.1 Å². The monoisotopic (exact) mass is 654 g/mol. The van der Waals surface area contributed by atoms with Crippen molar-refractivity contribution in [2.45, 2.75) is 46.7 Å². The van der Waals surface area contributed by atoms with Gasteiger partial charge in [-0.05, 0) is 61.7 Å². The van der Waals surface area contributed by atoms with E-state index >= 15 is 0 Å². The number of unbranched alkanes of at least 4 members (excludes halogenated alkanes) is 1. The van der Waals surface area contributed by atoms with E-state index in [1.807, 2.05) is 61.5 Å². The summed E-state index contributed by atoms with van der Waals surface area (Å²) in [5.74, 6) is 0.773. The lowest BCUT2D eigenvalue weighted by molar-refractivity contribution is -0.113. The third kappa shape index (κ3) is 5.91. The number of nitriles is 1. The number of nitrogens with one attached hydrogen (secondary N) is 1. The van der Waals surface area contributed by atoms with Crippen LogP contribution in [0.15, 0.2) is 69.1 Å². The number of ether oxygens (including phenoxy) is 1. The van der Waals surface area contributed by atoms with Gasteiger partial charge in [-0.15, -0.1) is 0 Å². The Kier molecular flexibility index (Phi) is 9.65. The summed E-state index contributed by atoms with van der Waals surface area (Å²) >= 11 is 6.75. The van der Waals surface area contributed by atoms with Crippen LogP contribution in [-0.4, -0.2) is 31.3 Å². The van der Waals surface area contributed by atoms with Crippen molar-refractivity contribution in [2.24, 2.45) is 7.05 Å². The van der Waals surface area contributed by atoms with Crippen LogP contribution in [0.5, 0.6) is 5.75 Å². The Hall–Kier alpha value is -4.86. The lowest BCUT2D eigenvalue weighted by Gasteiger charge is -2.20. The van der Waals surface area contributed by atoms with Gasteiger partial charge in [-0.1, -0.05) is 67.7 Å². The Labute approximate surface area is 276 Å². The number of benzene rings is 2. The molecule has 0 spiro atoms. The number of thioether (sulfide) groups is 1. The zero-order valence-electron chi connectivity index (χ0n) is 26.3. The molecule has 0 radical (unpaired) electrons. The third-order valence-electron chi connectivity index (χ3n) is 8.05. The van der Waals surface area contributed by atoms with Gasteiger partial charge in [0.25, 0.3) is 17.0 Å². The average molecular weight is 655 g/mol. The van der Waals surface area contributed by atoms with E-state index in [1.165, 1.54) is 9.58 Å². The molecule has 3 heterocycles. The highest BCUT2D eigenvalue weighted by Gasteiger charge is 2.38. The molecule has 0 unspecified atom stereocenters. The van der Waals surface area contributed by atoms with Gasteiger partial charge in [0.15, 0.2) is 4.32 Å². The van der Waals surface area contributed by atoms with Crippen LogP contribution in [-0.2, 0) is 24.9 Å². The average Bonchev–Trinajstić information content (AvgIpc) is 3.45. The number of carbonyl (C=O) groups excluding carboxylic acids is 1. The van der Waals surface area contributed by atoms with Crippen LogP contribution in [0.25, 0.3) is 11.8 Å². The second-order valence-corrected chi connectivity index (χ2v) is 12.5. The highest BCUT2D eigenvalue weighted by molar-refractivity contribution is 8.27. The molecule has 1 saturated heterocycles. The predicted octanol–water partition coefficient (Wildman–Crippen LogP) is 5.65. The fourth-order valence-electron chi connectivity index (χ4n) is 5.42. The van der Waals surface area contributed by atoms with E-state index in [4.69, 9.17) is 17.0 Å². The van der Waals surface area contributed by atoms with Crippen LogP contribution in [0.1, 0.15) is 47.7 Å². The van der Waals surface area contributed by atoms with Crippen molar-refractivity contribution in [3.8, 4) is 17.5 Å². The molecule has 46 heavy (non-hydrogen) atoms. The second-order valence-electron chi connectivity index (χ2n) is 10.8. The van der Waals surface area contributed by atoms with Crippen LogP contribution in [0.3, 0.4) is 0 Å². The highest BCUT2D eigenvalue weighted by Crippen LogP contribution is 2.38. The van der Waals surface area contributed by atoms with Crippen molar-refractivity contribution in [2.75, 3.05) is 17.3 Å². The standard InChI is InChI=1S/C34H34N6O4S2/c1-6-7-17-38-30(36-20-23-13-15-25(44-5)16-14-23)26(21(2)27(19-35)31(38)41)18-28-32(42)39(34(45)46-28)29-22(3)37(4)40(33(29)43)24-11-9-8-10-12-24/h8-16,18,36H,6-7,17,20H2,1-5H3/b28-18+. The van der Waals surface area contributed by atoms with Gasteiger partial charge in [0, 0.05) is 25.7 Å². The third-order valence-corrected chi connectivity index (χ3v) is 9.35. The number of carbonyl (C=O) groups is 1. The van der Waals surface area contributed by atoms with Gasteiger partial charge in [-0.3, -0.25) is 28.5 Å². The Bertz CT molecular complexity index is 2020. The number of methoxy groups -OCH3 is 1. The number of para-hydroxylation sites is 1. The van der Waals surface area contributed by atoms with Crippen LogP contribution in [0, 0.1) is 25.2 Å². The number of aromatic nitrogens is 3. The summed E-state index contributed by atoms with van der Waals surface area (Å²) in [6.45, 7) is 6.27. The van der Waals surface area contributed by atoms with Crippen LogP contribution in [0.2, 0.25) is 0 Å². The van der Waals surface area contributed by atoms with Crippen LogP contribution < -0.4 is 26.1 Å². The van der Waals surface area contributed by atoms with Crippen molar-refractivity contribution >= 4 is 51.8 Å². The van der Waals surface area contributed by atoms with Crippen molar-refractivity contribution in [1.29, 1.82) is 5.26 Å². The maximum absolute atomic E-state index is 14.0. The number of anilines is 2. The summed E-state index contributed by atoms with van der Waals surface area (Å²) in [5.41, 5.74) is 2.59. The first kappa shape index (κ1) is 32.5. The molecule has 10 nitrogen and oxygen atoms in total. The molecule has 0 aliphatic carbocycles. The molecule has 2 aromatic heterocycles.